The second-order valence-electron chi connectivity index (χ2n) is 4.10. The zero-order valence-electron chi connectivity index (χ0n) is 11.9. The van der Waals surface area contributed by atoms with Crippen LogP contribution in [0.25, 0.3) is 0 Å². The Morgan fingerprint density at radius 2 is 1.60 bits per heavy atom. The first-order chi connectivity index (χ1) is 9.67. The molecule has 20 heavy (non-hydrogen) atoms. The molecule has 1 aromatic heterocycles. The zero-order chi connectivity index (χ0) is 14.5. The van der Waals surface area contributed by atoms with Gasteiger partial charge in [-0.15, -0.1) is 23.5 Å². The van der Waals surface area contributed by atoms with Crippen LogP contribution in [0.5, 0.6) is 0 Å². The van der Waals surface area contributed by atoms with Crippen molar-refractivity contribution in [2.24, 2.45) is 0 Å². The van der Waals surface area contributed by atoms with E-state index in [1.165, 1.54) is 5.56 Å². The Morgan fingerprint density at radius 1 is 0.950 bits per heavy atom. The fourth-order valence-corrected chi connectivity index (χ4v) is 3.37. The molecule has 1 aromatic carbocycles. The maximum atomic E-state index is 4.58. The minimum absolute atomic E-state index is 0.813. The molecular weight excluding hydrogens is 306 g/mol. The molecule has 3 nitrogen and oxygen atoms in total. The lowest BCUT2D eigenvalue weighted by Crippen LogP contribution is -2.01. The number of anilines is 2. The lowest BCUT2D eigenvalue weighted by Gasteiger charge is -2.14. The predicted molar refractivity (Wildman–Crippen MR) is 91.8 cm³/mol. The van der Waals surface area contributed by atoms with E-state index in [9.17, 15) is 0 Å². The van der Waals surface area contributed by atoms with Crippen LogP contribution in [-0.4, -0.2) is 28.7 Å². The summed E-state index contributed by atoms with van der Waals surface area (Å²) in [4.78, 5) is 9.15. The van der Waals surface area contributed by atoms with Gasteiger partial charge in [-0.25, -0.2) is 9.97 Å². The molecule has 2 aromatic rings. The van der Waals surface area contributed by atoms with Gasteiger partial charge in [0.2, 0.25) is 0 Å². The van der Waals surface area contributed by atoms with Crippen LogP contribution in [0.15, 0.2) is 39.5 Å². The average Bonchev–Trinajstić information content (AvgIpc) is 2.47. The second kappa shape index (κ2) is 7.24. The van der Waals surface area contributed by atoms with Gasteiger partial charge in [0.05, 0.1) is 0 Å². The molecule has 0 amide bonds. The molecule has 1 N–H and O–H groups in total. The standard InChI is InChI=1S/C14H17N3S3/c1-9-6-5-7-10(8-9)15-11-12(18-2)16-14(20-4)17-13(11)19-3/h5-8,15H,1-4H3. The molecule has 0 unspecified atom stereocenters. The normalized spacial score (nSPS) is 10.6. The third kappa shape index (κ3) is 3.62. The Hall–Kier alpha value is -0.850. The van der Waals surface area contributed by atoms with Crippen LogP contribution in [0.4, 0.5) is 11.4 Å². The Balaban J connectivity index is 2.44. The van der Waals surface area contributed by atoms with Gasteiger partial charge < -0.3 is 5.32 Å². The number of nitrogens with one attached hydrogen (secondary N) is 1. The average molecular weight is 324 g/mol. The first kappa shape index (κ1) is 15.5. The smallest absolute Gasteiger partial charge is 0.189 e. The topological polar surface area (TPSA) is 37.8 Å². The number of hydrogen-bond acceptors (Lipinski definition) is 6. The molecule has 0 aliphatic heterocycles. The van der Waals surface area contributed by atoms with Crippen LogP contribution in [0.3, 0.4) is 0 Å². The molecule has 106 valence electrons. The van der Waals surface area contributed by atoms with E-state index in [2.05, 4.69) is 40.4 Å². The predicted octanol–water partition coefficient (Wildman–Crippen LogP) is 4.69. The van der Waals surface area contributed by atoms with Crippen molar-refractivity contribution in [2.75, 3.05) is 24.1 Å². The Kier molecular flexibility index (Phi) is 5.63. The third-order valence-corrected chi connectivity index (χ3v) is 4.59. The highest BCUT2D eigenvalue weighted by atomic mass is 32.2. The summed E-state index contributed by atoms with van der Waals surface area (Å²) < 4.78 is 0. The van der Waals surface area contributed by atoms with E-state index in [4.69, 9.17) is 0 Å². The second-order valence-corrected chi connectivity index (χ2v) is 6.46. The summed E-state index contributed by atoms with van der Waals surface area (Å²) in [5, 5.41) is 6.24. The van der Waals surface area contributed by atoms with Crippen molar-refractivity contribution in [1.29, 1.82) is 0 Å². The molecule has 0 aliphatic rings. The van der Waals surface area contributed by atoms with Crippen molar-refractivity contribution >= 4 is 46.7 Å². The summed E-state index contributed by atoms with van der Waals surface area (Å²) in [5.74, 6) is 0. The van der Waals surface area contributed by atoms with Gasteiger partial charge in [0, 0.05) is 5.69 Å². The molecule has 6 heteroatoms. The molecule has 2 rings (SSSR count). The number of nitrogens with zero attached hydrogens (tertiary/aromatic N) is 2. The minimum Gasteiger partial charge on any atom is -0.351 e. The summed E-state index contributed by atoms with van der Waals surface area (Å²) in [6, 6.07) is 8.32. The molecule has 0 spiro atoms. The summed E-state index contributed by atoms with van der Waals surface area (Å²) in [7, 11) is 0. The molecule has 0 radical (unpaired) electrons. The Labute approximate surface area is 132 Å². The van der Waals surface area contributed by atoms with Gasteiger partial charge >= 0.3 is 0 Å². The summed E-state index contributed by atoms with van der Waals surface area (Å²) in [5.41, 5.74) is 3.29. The molecule has 1 heterocycles. The third-order valence-electron chi connectivity index (χ3n) is 2.68. The highest BCUT2D eigenvalue weighted by Gasteiger charge is 2.13. The van der Waals surface area contributed by atoms with E-state index in [-0.39, 0.29) is 0 Å². The lowest BCUT2D eigenvalue weighted by atomic mass is 10.2. The first-order valence-electron chi connectivity index (χ1n) is 6.05. The Bertz CT molecular complexity index is 577. The SMILES string of the molecule is CSc1nc(SC)c(Nc2cccc(C)c2)c(SC)n1. The number of aromatic nitrogens is 2. The van der Waals surface area contributed by atoms with Crippen molar-refractivity contribution in [1.82, 2.24) is 9.97 Å². The van der Waals surface area contributed by atoms with Crippen molar-refractivity contribution in [3.63, 3.8) is 0 Å². The molecule has 0 atom stereocenters. The molecule has 0 aliphatic carbocycles. The van der Waals surface area contributed by atoms with E-state index in [0.717, 1.165) is 26.6 Å². The van der Waals surface area contributed by atoms with Crippen LogP contribution in [0.2, 0.25) is 0 Å². The number of hydrogen-bond donors (Lipinski definition) is 1. The Morgan fingerprint density at radius 3 is 2.10 bits per heavy atom. The maximum absolute atomic E-state index is 4.58. The monoisotopic (exact) mass is 323 g/mol. The van der Waals surface area contributed by atoms with Crippen molar-refractivity contribution in [3.8, 4) is 0 Å². The van der Waals surface area contributed by atoms with Crippen LogP contribution in [0, 0.1) is 6.92 Å². The van der Waals surface area contributed by atoms with E-state index in [1.54, 1.807) is 35.3 Å². The number of benzene rings is 1. The van der Waals surface area contributed by atoms with Gasteiger partial charge in [0.15, 0.2) is 5.16 Å². The lowest BCUT2D eigenvalue weighted by molar-refractivity contribution is 0.839. The highest BCUT2D eigenvalue weighted by Crippen LogP contribution is 2.35. The molecule has 0 fully saturated rings. The highest BCUT2D eigenvalue weighted by molar-refractivity contribution is 8.00. The summed E-state index contributed by atoms with van der Waals surface area (Å²) in [6.07, 6.45) is 6.08. The summed E-state index contributed by atoms with van der Waals surface area (Å²) in [6.45, 7) is 2.09. The molecule has 0 saturated heterocycles. The minimum atomic E-state index is 0.813. The van der Waals surface area contributed by atoms with Crippen molar-refractivity contribution in [2.45, 2.75) is 22.1 Å². The van der Waals surface area contributed by atoms with Gasteiger partial charge in [-0.05, 0) is 43.4 Å². The first-order valence-corrected chi connectivity index (χ1v) is 9.73. The fourth-order valence-electron chi connectivity index (χ4n) is 1.76. The van der Waals surface area contributed by atoms with Crippen molar-refractivity contribution < 1.29 is 0 Å². The number of rotatable bonds is 5. The quantitative estimate of drug-likeness (QED) is 0.488. The molecule has 0 saturated carbocycles. The van der Waals surface area contributed by atoms with Gasteiger partial charge in [-0.3, -0.25) is 0 Å². The van der Waals surface area contributed by atoms with Gasteiger partial charge in [0.25, 0.3) is 0 Å². The van der Waals surface area contributed by atoms with Gasteiger partial charge in [-0.2, -0.15) is 0 Å². The van der Waals surface area contributed by atoms with Crippen LogP contribution in [0.1, 0.15) is 5.56 Å². The molecular formula is C14H17N3S3. The van der Waals surface area contributed by atoms with Crippen molar-refractivity contribution in [3.05, 3.63) is 29.8 Å². The summed E-state index contributed by atoms with van der Waals surface area (Å²) >= 11 is 4.84. The van der Waals surface area contributed by atoms with Crippen LogP contribution in [-0.2, 0) is 0 Å². The van der Waals surface area contributed by atoms with E-state index in [1.807, 2.05) is 24.8 Å². The van der Waals surface area contributed by atoms with Crippen LogP contribution < -0.4 is 5.32 Å². The number of thioether (sulfide) groups is 3. The van der Waals surface area contributed by atoms with Gasteiger partial charge in [0.1, 0.15) is 15.7 Å². The van der Waals surface area contributed by atoms with E-state index in [0.29, 0.717) is 0 Å². The van der Waals surface area contributed by atoms with Gasteiger partial charge in [-0.1, -0.05) is 23.9 Å². The zero-order valence-corrected chi connectivity index (χ0v) is 14.4. The number of aryl methyl sites for hydroxylation is 1. The van der Waals surface area contributed by atoms with E-state index >= 15 is 0 Å². The molecule has 0 bridgehead atoms. The van der Waals surface area contributed by atoms with Crippen LogP contribution >= 0.6 is 35.3 Å². The largest absolute Gasteiger partial charge is 0.351 e. The van der Waals surface area contributed by atoms with E-state index < -0.39 is 0 Å². The fraction of sp³-hybridized carbons (Fsp3) is 0.286. The maximum Gasteiger partial charge on any atom is 0.189 e.